The van der Waals surface area contributed by atoms with E-state index in [9.17, 15) is 9.18 Å². The molecule has 0 fully saturated rings. The highest BCUT2D eigenvalue weighted by Gasteiger charge is 2.12. The number of amidine groups is 1. The summed E-state index contributed by atoms with van der Waals surface area (Å²) in [6.45, 7) is 0. The van der Waals surface area contributed by atoms with Crippen LogP contribution < -0.4 is 11.1 Å². The highest BCUT2D eigenvalue weighted by atomic mass is 19.1. The van der Waals surface area contributed by atoms with Crippen molar-refractivity contribution in [2.24, 2.45) is 10.9 Å². The van der Waals surface area contributed by atoms with Crippen LogP contribution in [-0.2, 0) is 0 Å². The van der Waals surface area contributed by atoms with Crippen LogP contribution in [0.15, 0.2) is 47.9 Å². The van der Waals surface area contributed by atoms with Crippen molar-refractivity contribution in [2.45, 2.75) is 0 Å². The van der Waals surface area contributed by atoms with Crippen LogP contribution in [-0.4, -0.2) is 21.9 Å². The van der Waals surface area contributed by atoms with Crippen LogP contribution in [0.2, 0.25) is 0 Å². The molecule has 0 aliphatic carbocycles. The first kappa shape index (κ1) is 13.5. The van der Waals surface area contributed by atoms with Gasteiger partial charge in [0.05, 0.1) is 17.4 Å². The minimum Gasteiger partial charge on any atom is -0.409 e. The van der Waals surface area contributed by atoms with Crippen molar-refractivity contribution in [1.29, 1.82) is 0 Å². The second kappa shape index (κ2) is 5.79. The first-order chi connectivity index (χ1) is 9.61. The zero-order chi connectivity index (χ0) is 14.5. The third kappa shape index (κ3) is 2.89. The van der Waals surface area contributed by atoms with Crippen LogP contribution in [0, 0.1) is 5.82 Å². The van der Waals surface area contributed by atoms with Crippen molar-refractivity contribution in [2.75, 3.05) is 5.32 Å². The maximum atomic E-state index is 13.0. The molecule has 1 aromatic carbocycles. The number of nitrogens with one attached hydrogen (secondary N) is 1. The molecule has 1 heterocycles. The van der Waals surface area contributed by atoms with Crippen LogP contribution in [0.3, 0.4) is 0 Å². The normalized spacial score (nSPS) is 11.2. The molecule has 2 aromatic rings. The van der Waals surface area contributed by atoms with Crippen LogP contribution in [0.4, 0.5) is 10.1 Å². The third-order valence-corrected chi connectivity index (χ3v) is 2.53. The number of oxime groups is 1. The van der Waals surface area contributed by atoms with E-state index < -0.39 is 11.7 Å². The molecule has 4 N–H and O–H groups in total. The Kier molecular flexibility index (Phi) is 3.90. The molecule has 0 bridgehead atoms. The Balaban J connectivity index is 2.29. The Bertz CT molecular complexity index is 673. The number of nitrogens with two attached hydrogens (primary N) is 1. The molecule has 0 saturated carbocycles. The maximum absolute atomic E-state index is 13.0. The van der Waals surface area contributed by atoms with Gasteiger partial charge in [-0.25, -0.2) is 4.39 Å². The van der Waals surface area contributed by atoms with Gasteiger partial charge in [0, 0.05) is 11.8 Å². The first-order valence-electron chi connectivity index (χ1n) is 5.60. The molecule has 102 valence electrons. The van der Waals surface area contributed by atoms with E-state index in [-0.39, 0.29) is 11.4 Å². The fraction of sp³-hybridized carbons (Fsp3) is 0. The van der Waals surface area contributed by atoms with E-state index in [2.05, 4.69) is 15.5 Å². The lowest BCUT2D eigenvalue weighted by Gasteiger charge is -2.09. The predicted octanol–water partition coefficient (Wildman–Crippen LogP) is 1.57. The number of amides is 1. The zero-order valence-electron chi connectivity index (χ0n) is 10.2. The van der Waals surface area contributed by atoms with E-state index in [0.29, 0.717) is 11.3 Å². The number of rotatable bonds is 3. The summed E-state index contributed by atoms with van der Waals surface area (Å²) in [7, 11) is 0. The Morgan fingerprint density at radius 2 is 2.10 bits per heavy atom. The molecule has 6 nitrogen and oxygen atoms in total. The fourth-order valence-electron chi connectivity index (χ4n) is 1.60. The van der Waals surface area contributed by atoms with Gasteiger partial charge in [-0.1, -0.05) is 17.3 Å². The SMILES string of the molecule is N/C(=N/O)c1ccccc1NC(=O)c1cncc(F)c1. The monoisotopic (exact) mass is 274 g/mol. The van der Waals surface area contributed by atoms with Gasteiger partial charge >= 0.3 is 0 Å². The Morgan fingerprint density at radius 1 is 1.35 bits per heavy atom. The number of para-hydroxylation sites is 1. The number of aromatic nitrogens is 1. The molecular weight excluding hydrogens is 263 g/mol. The molecular formula is C13H11FN4O2. The second-order valence-corrected chi connectivity index (χ2v) is 3.88. The summed E-state index contributed by atoms with van der Waals surface area (Å²) < 4.78 is 13.0. The predicted molar refractivity (Wildman–Crippen MR) is 71.1 cm³/mol. The molecule has 1 aromatic heterocycles. The minimum atomic E-state index is -0.609. The minimum absolute atomic E-state index is 0.0688. The number of benzene rings is 1. The van der Waals surface area contributed by atoms with Crippen molar-refractivity contribution < 1.29 is 14.4 Å². The van der Waals surface area contributed by atoms with Gasteiger partial charge < -0.3 is 16.3 Å². The number of halogens is 1. The van der Waals surface area contributed by atoms with Gasteiger partial charge in [-0.3, -0.25) is 9.78 Å². The van der Waals surface area contributed by atoms with Crippen molar-refractivity contribution in [1.82, 2.24) is 4.98 Å². The van der Waals surface area contributed by atoms with Crippen LogP contribution in [0.25, 0.3) is 0 Å². The van der Waals surface area contributed by atoms with Gasteiger partial charge in [0.2, 0.25) is 0 Å². The van der Waals surface area contributed by atoms with Crippen molar-refractivity contribution in [3.8, 4) is 0 Å². The summed E-state index contributed by atoms with van der Waals surface area (Å²) in [4.78, 5) is 15.6. The third-order valence-electron chi connectivity index (χ3n) is 2.53. The number of carbonyl (C=O) groups excluding carboxylic acids is 1. The number of hydrogen-bond acceptors (Lipinski definition) is 4. The lowest BCUT2D eigenvalue weighted by atomic mass is 10.1. The largest absolute Gasteiger partial charge is 0.409 e. The van der Waals surface area contributed by atoms with E-state index in [1.807, 2.05) is 0 Å². The van der Waals surface area contributed by atoms with E-state index in [1.54, 1.807) is 24.3 Å². The molecule has 0 spiro atoms. The standard InChI is InChI=1S/C13H11FN4O2/c14-9-5-8(6-16-7-9)13(19)17-11-4-2-1-3-10(11)12(15)18-20/h1-7,20H,(H2,15,18)(H,17,19). The molecule has 1 amide bonds. The van der Waals surface area contributed by atoms with Crippen LogP contribution >= 0.6 is 0 Å². The molecule has 0 radical (unpaired) electrons. The molecule has 0 aliphatic rings. The zero-order valence-corrected chi connectivity index (χ0v) is 10.2. The number of nitrogens with zero attached hydrogens (tertiary/aromatic N) is 2. The smallest absolute Gasteiger partial charge is 0.257 e. The number of carbonyl (C=O) groups is 1. The van der Waals surface area contributed by atoms with Gasteiger partial charge in [0.1, 0.15) is 5.82 Å². The van der Waals surface area contributed by atoms with E-state index in [4.69, 9.17) is 10.9 Å². The Hall–Kier alpha value is -2.96. The van der Waals surface area contributed by atoms with Gasteiger partial charge in [0.15, 0.2) is 5.84 Å². The molecule has 0 unspecified atom stereocenters. The maximum Gasteiger partial charge on any atom is 0.257 e. The Labute approximate surface area is 113 Å². The molecule has 2 rings (SSSR count). The summed E-state index contributed by atoms with van der Waals surface area (Å²) >= 11 is 0. The van der Waals surface area contributed by atoms with E-state index in [0.717, 1.165) is 12.3 Å². The fourth-order valence-corrected chi connectivity index (χ4v) is 1.60. The summed E-state index contributed by atoms with van der Waals surface area (Å²) in [6, 6.07) is 7.57. The van der Waals surface area contributed by atoms with Gasteiger partial charge in [0.25, 0.3) is 5.91 Å². The van der Waals surface area contributed by atoms with E-state index in [1.165, 1.54) is 6.20 Å². The molecule has 0 saturated heterocycles. The average Bonchev–Trinajstić information content (AvgIpc) is 2.47. The average molecular weight is 274 g/mol. The first-order valence-corrected chi connectivity index (χ1v) is 5.60. The van der Waals surface area contributed by atoms with Crippen LogP contribution in [0.1, 0.15) is 15.9 Å². The van der Waals surface area contributed by atoms with Gasteiger partial charge in [-0.15, -0.1) is 0 Å². The van der Waals surface area contributed by atoms with Gasteiger partial charge in [-0.2, -0.15) is 0 Å². The van der Waals surface area contributed by atoms with Crippen molar-refractivity contribution >= 4 is 17.4 Å². The van der Waals surface area contributed by atoms with Crippen molar-refractivity contribution in [3.05, 3.63) is 59.7 Å². The molecule has 0 aliphatic heterocycles. The summed E-state index contributed by atoms with van der Waals surface area (Å²) in [5, 5.41) is 14.1. The van der Waals surface area contributed by atoms with Crippen LogP contribution in [0.5, 0.6) is 0 Å². The summed E-state index contributed by atoms with van der Waals surface area (Å²) in [5.41, 5.74) is 6.28. The van der Waals surface area contributed by atoms with E-state index >= 15 is 0 Å². The summed E-state index contributed by atoms with van der Waals surface area (Å²) in [5.74, 6) is -1.30. The second-order valence-electron chi connectivity index (χ2n) is 3.88. The number of pyridine rings is 1. The molecule has 7 heteroatoms. The Morgan fingerprint density at radius 3 is 2.80 bits per heavy atom. The van der Waals surface area contributed by atoms with Gasteiger partial charge in [-0.05, 0) is 18.2 Å². The highest BCUT2D eigenvalue weighted by molar-refractivity contribution is 6.09. The lowest BCUT2D eigenvalue weighted by molar-refractivity contribution is 0.102. The summed E-state index contributed by atoms with van der Waals surface area (Å²) in [6.07, 6.45) is 2.24. The molecule has 0 atom stereocenters. The number of hydrogen-bond donors (Lipinski definition) is 3. The molecule has 20 heavy (non-hydrogen) atoms. The number of anilines is 1. The van der Waals surface area contributed by atoms with Crippen molar-refractivity contribution in [3.63, 3.8) is 0 Å². The lowest BCUT2D eigenvalue weighted by Crippen LogP contribution is -2.19. The topological polar surface area (TPSA) is 101 Å². The quantitative estimate of drug-likeness (QED) is 0.342. The highest BCUT2D eigenvalue weighted by Crippen LogP contribution is 2.16.